The SMILES string of the molecule is CCN(CC(Oc1ccc(C(F)(F)F)cc1)c1ccccc1)P(=O)(OC)OC. The van der Waals surface area contributed by atoms with Crippen molar-refractivity contribution in [3.05, 3.63) is 65.7 Å². The molecule has 0 spiro atoms. The molecule has 0 aliphatic rings. The van der Waals surface area contributed by atoms with Crippen LogP contribution < -0.4 is 4.74 Å². The van der Waals surface area contributed by atoms with Crippen molar-refractivity contribution in [3.63, 3.8) is 0 Å². The van der Waals surface area contributed by atoms with Crippen LogP contribution in [0.3, 0.4) is 0 Å². The van der Waals surface area contributed by atoms with Crippen molar-refractivity contribution in [2.45, 2.75) is 19.2 Å². The lowest BCUT2D eigenvalue weighted by molar-refractivity contribution is -0.137. The zero-order chi connectivity index (χ0) is 20.8. The van der Waals surface area contributed by atoms with E-state index in [-0.39, 0.29) is 12.3 Å². The van der Waals surface area contributed by atoms with Crippen molar-refractivity contribution in [3.8, 4) is 5.75 Å². The number of hydrogen-bond donors (Lipinski definition) is 0. The first kappa shape index (κ1) is 22.4. The Morgan fingerprint density at radius 1 is 1.00 bits per heavy atom. The van der Waals surface area contributed by atoms with E-state index in [0.717, 1.165) is 17.7 Å². The number of ether oxygens (including phenoxy) is 1. The van der Waals surface area contributed by atoms with Gasteiger partial charge in [-0.2, -0.15) is 13.2 Å². The fourth-order valence-electron chi connectivity index (χ4n) is 2.66. The molecule has 28 heavy (non-hydrogen) atoms. The normalized spacial score (nSPS) is 13.5. The average Bonchev–Trinajstić information content (AvgIpc) is 2.70. The molecule has 0 heterocycles. The van der Waals surface area contributed by atoms with E-state index >= 15 is 0 Å². The third kappa shape index (κ3) is 5.58. The first-order valence-corrected chi connectivity index (χ1v) is 10.1. The predicted molar refractivity (Wildman–Crippen MR) is 100 cm³/mol. The number of hydrogen-bond acceptors (Lipinski definition) is 4. The Balaban J connectivity index is 2.29. The quantitative estimate of drug-likeness (QED) is 0.501. The van der Waals surface area contributed by atoms with Gasteiger partial charge in [-0.3, -0.25) is 9.05 Å². The summed E-state index contributed by atoms with van der Waals surface area (Å²) >= 11 is 0. The van der Waals surface area contributed by atoms with Crippen molar-refractivity contribution < 1.29 is 31.5 Å². The van der Waals surface area contributed by atoms with Crippen LogP contribution in [0.25, 0.3) is 0 Å². The fraction of sp³-hybridized carbons (Fsp3) is 0.368. The largest absolute Gasteiger partial charge is 0.484 e. The second-order valence-corrected chi connectivity index (χ2v) is 8.11. The molecule has 0 saturated heterocycles. The summed E-state index contributed by atoms with van der Waals surface area (Å²) in [5.74, 6) is 0.266. The topological polar surface area (TPSA) is 48.0 Å². The van der Waals surface area contributed by atoms with Crippen LogP contribution in [-0.4, -0.2) is 32.0 Å². The molecule has 2 aromatic rings. The molecule has 0 saturated carbocycles. The second kappa shape index (κ2) is 9.56. The molecular weight excluding hydrogens is 394 g/mol. The van der Waals surface area contributed by atoms with Gasteiger partial charge in [0.2, 0.25) is 0 Å². The zero-order valence-electron chi connectivity index (χ0n) is 15.8. The number of rotatable bonds is 9. The van der Waals surface area contributed by atoms with Crippen LogP contribution in [0.4, 0.5) is 13.2 Å². The molecule has 5 nitrogen and oxygen atoms in total. The third-order valence-electron chi connectivity index (χ3n) is 4.18. The Kier molecular flexibility index (Phi) is 7.66. The maximum absolute atomic E-state index is 12.8. The molecule has 0 amide bonds. The second-order valence-electron chi connectivity index (χ2n) is 5.88. The molecule has 154 valence electrons. The van der Waals surface area contributed by atoms with E-state index in [1.807, 2.05) is 30.3 Å². The lowest BCUT2D eigenvalue weighted by Gasteiger charge is -2.31. The van der Waals surface area contributed by atoms with E-state index in [0.29, 0.717) is 6.54 Å². The maximum atomic E-state index is 12.8. The number of halogens is 3. The first-order valence-electron chi connectivity index (χ1n) is 8.59. The van der Waals surface area contributed by atoms with E-state index < -0.39 is 25.6 Å². The smallest absolute Gasteiger partial charge is 0.416 e. The van der Waals surface area contributed by atoms with Crippen LogP contribution in [0.1, 0.15) is 24.2 Å². The summed E-state index contributed by atoms with van der Waals surface area (Å²) in [6.45, 7) is 2.31. The molecule has 0 fully saturated rings. The summed E-state index contributed by atoms with van der Waals surface area (Å²) in [6.07, 6.45) is -5.02. The van der Waals surface area contributed by atoms with Crippen molar-refractivity contribution in [2.75, 3.05) is 27.3 Å². The summed E-state index contributed by atoms with van der Waals surface area (Å²) in [5, 5.41) is 0. The highest BCUT2D eigenvalue weighted by Crippen LogP contribution is 2.51. The van der Waals surface area contributed by atoms with Crippen LogP contribution in [0.2, 0.25) is 0 Å². The molecule has 2 aromatic carbocycles. The third-order valence-corrected chi connectivity index (χ3v) is 6.24. The summed E-state index contributed by atoms with van der Waals surface area (Å²) in [5.41, 5.74) is 0.0224. The molecule has 0 aliphatic carbocycles. The van der Waals surface area contributed by atoms with Gasteiger partial charge in [-0.05, 0) is 29.8 Å². The Hall–Kier alpha value is -1.86. The molecular formula is C19H23F3NO4P. The Morgan fingerprint density at radius 3 is 2.04 bits per heavy atom. The minimum Gasteiger partial charge on any atom is -0.484 e. The number of benzene rings is 2. The molecule has 0 N–H and O–H groups in total. The summed E-state index contributed by atoms with van der Waals surface area (Å²) in [6, 6.07) is 13.6. The van der Waals surface area contributed by atoms with Gasteiger partial charge < -0.3 is 4.74 Å². The lowest BCUT2D eigenvalue weighted by Crippen LogP contribution is -2.29. The Morgan fingerprint density at radius 2 is 1.57 bits per heavy atom. The van der Waals surface area contributed by atoms with Crippen LogP contribution in [-0.2, 0) is 19.8 Å². The summed E-state index contributed by atoms with van der Waals surface area (Å²) in [7, 11) is -0.910. The standard InChI is InChI=1S/C19H23F3NO4P/c1-4-23(28(24,25-2)26-3)14-18(15-8-6-5-7-9-15)27-17-12-10-16(11-13-17)19(20,21)22/h5-13,18H,4,14H2,1-3H3. The molecule has 0 aliphatic heterocycles. The van der Waals surface area contributed by atoms with Crippen LogP contribution in [0.15, 0.2) is 54.6 Å². The zero-order valence-corrected chi connectivity index (χ0v) is 16.7. The van der Waals surface area contributed by atoms with Crippen LogP contribution in [0.5, 0.6) is 5.75 Å². The van der Waals surface area contributed by atoms with Crippen molar-refractivity contribution in [1.29, 1.82) is 0 Å². The summed E-state index contributed by atoms with van der Waals surface area (Å²) in [4.78, 5) is 0. The molecule has 1 atom stereocenters. The predicted octanol–water partition coefficient (Wildman–Crippen LogP) is 5.55. The number of nitrogens with zero attached hydrogens (tertiary/aromatic N) is 1. The lowest BCUT2D eigenvalue weighted by atomic mass is 10.1. The van der Waals surface area contributed by atoms with Gasteiger partial charge in [-0.25, -0.2) is 9.24 Å². The van der Waals surface area contributed by atoms with E-state index in [4.69, 9.17) is 13.8 Å². The van der Waals surface area contributed by atoms with Gasteiger partial charge in [0.15, 0.2) is 0 Å². The molecule has 1 unspecified atom stereocenters. The van der Waals surface area contributed by atoms with Crippen LogP contribution in [0, 0.1) is 0 Å². The minimum absolute atomic E-state index is 0.153. The van der Waals surface area contributed by atoms with E-state index in [2.05, 4.69) is 0 Å². The van der Waals surface area contributed by atoms with Crippen molar-refractivity contribution in [1.82, 2.24) is 4.67 Å². The molecule has 0 bridgehead atoms. The van der Waals surface area contributed by atoms with Gasteiger partial charge in [-0.1, -0.05) is 37.3 Å². The summed E-state index contributed by atoms with van der Waals surface area (Å²) < 4.78 is 68.6. The maximum Gasteiger partial charge on any atom is 0.416 e. The van der Waals surface area contributed by atoms with E-state index in [1.165, 1.54) is 31.0 Å². The minimum atomic E-state index is -4.42. The van der Waals surface area contributed by atoms with E-state index in [1.54, 1.807) is 6.92 Å². The molecule has 2 rings (SSSR count). The number of alkyl halides is 3. The van der Waals surface area contributed by atoms with Gasteiger partial charge in [-0.15, -0.1) is 0 Å². The number of likely N-dealkylation sites (N-methyl/N-ethyl adjacent to an activating group) is 1. The Bertz CT molecular complexity index is 776. The molecule has 9 heteroatoms. The molecule has 0 aromatic heterocycles. The average molecular weight is 417 g/mol. The van der Waals surface area contributed by atoms with Crippen molar-refractivity contribution >= 4 is 7.75 Å². The van der Waals surface area contributed by atoms with Gasteiger partial charge in [0.1, 0.15) is 11.9 Å². The monoisotopic (exact) mass is 417 g/mol. The van der Waals surface area contributed by atoms with Crippen molar-refractivity contribution in [2.24, 2.45) is 0 Å². The van der Waals surface area contributed by atoms with Gasteiger partial charge in [0, 0.05) is 20.8 Å². The molecule has 0 radical (unpaired) electrons. The fourth-order valence-corrected chi connectivity index (χ4v) is 3.97. The highest BCUT2D eigenvalue weighted by Gasteiger charge is 2.33. The highest BCUT2D eigenvalue weighted by molar-refractivity contribution is 7.51. The van der Waals surface area contributed by atoms with Gasteiger partial charge >= 0.3 is 13.9 Å². The first-order chi connectivity index (χ1) is 13.2. The van der Waals surface area contributed by atoms with Crippen LogP contribution >= 0.6 is 7.75 Å². The van der Waals surface area contributed by atoms with E-state index in [9.17, 15) is 17.7 Å². The highest BCUT2D eigenvalue weighted by atomic mass is 31.2. The Labute approximate surface area is 162 Å². The van der Waals surface area contributed by atoms with Gasteiger partial charge in [0.05, 0.1) is 12.1 Å². The van der Waals surface area contributed by atoms with Gasteiger partial charge in [0.25, 0.3) is 0 Å².